The lowest BCUT2D eigenvalue weighted by atomic mass is 10.2. The summed E-state index contributed by atoms with van der Waals surface area (Å²) in [7, 11) is 0. The summed E-state index contributed by atoms with van der Waals surface area (Å²) in [6, 6.07) is 16.1. The molecular weight excluding hydrogens is 314 g/mol. The van der Waals surface area contributed by atoms with Crippen molar-refractivity contribution in [3.63, 3.8) is 0 Å². The van der Waals surface area contributed by atoms with Crippen molar-refractivity contribution in [3.8, 4) is 6.07 Å². The van der Waals surface area contributed by atoms with E-state index in [0.29, 0.717) is 17.8 Å². The first kappa shape index (κ1) is 16.1. The smallest absolute Gasteiger partial charge is 0.274 e. The third-order valence-corrected chi connectivity index (χ3v) is 3.51. The molecule has 0 bridgehead atoms. The minimum absolute atomic E-state index is 0.277. The maximum atomic E-state index is 12.3. The average molecular weight is 329 g/mol. The number of benzene rings is 1. The van der Waals surface area contributed by atoms with Gasteiger partial charge in [-0.05, 0) is 35.9 Å². The van der Waals surface area contributed by atoms with Crippen molar-refractivity contribution in [1.29, 1.82) is 5.26 Å². The molecule has 122 valence electrons. The number of amides is 1. The monoisotopic (exact) mass is 329 g/mol. The van der Waals surface area contributed by atoms with Crippen molar-refractivity contribution in [3.05, 3.63) is 83.9 Å². The number of anilines is 2. The molecule has 0 saturated carbocycles. The van der Waals surface area contributed by atoms with E-state index in [1.165, 1.54) is 0 Å². The molecule has 2 heterocycles. The molecule has 0 atom stereocenters. The summed E-state index contributed by atoms with van der Waals surface area (Å²) in [4.78, 5) is 20.5. The summed E-state index contributed by atoms with van der Waals surface area (Å²) in [5, 5.41) is 15.0. The highest BCUT2D eigenvalue weighted by atomic mass is 16.1. The Hall–Kier alpha value is -3.72. The number of nitrogens with zero attached hydrogens (tertiary/aromatic N) is 3. The third-order valence-electron chi connectivity index (χ3n) is 3.51. The fraction of sp³-hybridized carbons (Fsp3) is 0.0526. The second kappa shape index (κ2) is 7.70. The first-order valence-electron chi connectivity index (χ1n) is 7.65. The van der Waals surface area contributed by atoms with Gasteiger partial charge in [-0.3, -0.25) is 9.78 Å². The molecule has 2 N–H and O–H groups in total. The zero-order chi connectivity index (χ0) is 17.5. The Labute approximate surface area is 145 Å². The van der Waals surface area contributed by atoms with Crippen LogP contribution in [0.1, 0.15) is 21.6 Å². The van der Waals surface area contributed by atoms with E-state index in [2.05, 4.69) is 20.6 Å². The number of aromatic nitrogens is 2. The normalized spacial score (nSPS) is 9.88. The molecule has 25 heavy (non-hydrogen) atoms. The van der Waals surface area contributed by atoms with Gasteiger partial charge in [-0.15, -0.1) is 0 Å². The Balaban J connectivity index is 1.63. The van der Waals surface area contributed by atoms with Gasteiger partial charge in [0.25, 0.3) is 5.91 Å². The minimum atomic E-state index is -0.360. The highest BCUT2D eigenvalue weighted by Gasteiger charge is 2.10. The molecule has 0 aliphatic rings. The van der Waals surface area contributed by atoms with E-state index in [4.69, 9.17) is 5.26 Å². The summed E-state index contributed by atoms with van der Waals surface area (Å²) in [6.45, 7) is 0.622. The lowest BCUT2D eigenvalue weighted by Gasteiger charge is -2.08. The number of hydrogen-bond acceptors (Lipinski definition) is 5. The van der Waals surface area contributed by atoms with Crippen molar-refractivity contribution in [2.45, 2.75) is 6.54 Å². The predicted molar refractivity (Wildman–Crippen MR) is 94.9 cm³/mol. The quantitative estimate of drug-likeness (QED) is 0.750. The molecule has 2 aromatic heterocycles. The van der Waals surface area contributed by atoms with Crippen LogP contribution in [0.5, 0.6) is 0 Å². The van der Waals surface area contributed by atoms with Gasteiger partial charge in [0.05, 0.1) is 23.1 Å². The van der Waals surface area contributed by atoms with Crippen molar-refractivity contribution in [2.24, 2.45) is 0 Å². The summed E-state index contributed by atoms with van der Waals surface area (Å²) in [5.41, 5.74) is 3.01. The Morgan fingerprint density at radius 3 is 2.68 bits per heavy atom. The average Bonchev–Trinajstić information content (AvgIpc) is 2.68. The van der Waals surface area contributed by atoms with Gasteiger partial charge < -0.3 is 10.6 Å². The number of hydrogen-bond donors (Lipinski definition) is 2. The van der Waals surface area contributed by atoms with Gasteiger partial charge in [0.15, 0.2) is 0 Å². The van der Waals surface area contributed by atoms with E-state index in [-0.39, 0.29) is 11.6 Å². The van der Waals surface area contributed by atoms with Crippen LogP contribution < -0.4 is 10.6 Å². The van der Waals surface area contributed by atoms with Crippen LogP contribution in [0.4, 0.5) is 11.4 Å². The molecule has 6 heteroatoms. The van der Waals surface area contributed by atoms with E-state index < -0.39 is 0 Å². The first-order valence-corrected chi connectivity index (χ1v) is 7.65. The Morgan fingerprint density at radius 1 is 1.08 bits per heavy atom. The fourth-order valence-electron chi connectivity index (χ4n) is 2.22. The molecule has 1 aromatic carbocycles. The number of carbonyl (C=O) groups excluding carboxylic acids is 1. The Bertz CT molecular complexity index is 901. The van der Waals surface area contributed by atoms with Gasteiger partial charge in [0.1, 0.15) is 11.8 Å². The van der Waals surface area contributed by atoms with E-state index >= 15 is 0 Å². The van der Waals surface area contributed by atoms with Crippen LogP contribution >= 0.6 is 0 Å². The summed E-state index contributed by atoms with van der Waals surface area (Å²) in [5.74, 6) is -0.360. The molecule has 0 fully saturated rings. The van der Waals surface area contributed by atoms with Gasteiger partial charge >= 0.3 is 0 Å². The predicted octanol–water partition coefficient (Wildman–Crippen LogP) is 3.21. The number of nitrogens with one attached hydrogen (secondary N) is 2. The second-order valence-corrected chi connectivity index (χ2v) is 5.26. The number of nitriles is 1. The second-order valence-electron chi connectivity index (χ2n) is 5.26. The molecule has 0 aliphatic heterocycles. The van der Waals surface area contributed by atoms with Crippen LogP contribution in [-0.4, -0.2) is 15.9 Å². The van der Waals surface area contributed by atoms with E-state index in [1.54, 1.807) is 55.0 Å². The largest absolute Gasteiger partial charge is 0.380 e. The van der Waals surface area contributed by atoms with Crippen LogP contribution in [0, 0.1) is 11.3 Å². The highest BCUT2D eigenvalue weighted by molar-refractivity contribution is 6.03. The minimum Gasteiger partial charge on any atom is -0.380 e. The van der Waals surface area contributed by atoms with Crippen LogP contribution in [-0.2, 0) is 6.54 Å². The summed E-state index contributed by atoms with van der Waals surface area (Å²) >= 11 is 0. The van der Waals surface area contributed by atoms with Crippen LogP contribution in [0.25, 0.3) is 0 Å². The highest BCUT2D eigenvalue weighted by Crippen LogP contribution is 2.15. The van der Waals surface area contributed by atoms with Gasteiger partial charge in [-0.25, -0.2) is 4.98 Å². The third kappa shape index (κ3) is 4.18. The van der Waals surface area contributed by atoms with Crippen molar-refractivity contribution < 1.29 is 4.79 Å². The maximum absolute atomic E-state index is 12.3. The molecule has 3 aromatic rings. The number of para-hydroxylation sites is 1. The Kier molecular flexibility index (Phi) is 4.98. The van der Waals surface area contributed by atoms with Crippen molar-refractivity contribution in [2.75, 3.05) is 10.6 Å². The Morgan fingerprint density at radius 2 is 1.96 bits per heavy atom. The lowest BCUT2D eigenvalue weighted by molar-refractivity contribution is 0.102. The first-order chi connectivity index (χ1) is 12.3. The standard InChI is InChI=1S/C19H15N5O/c20-10-15-5-1-2-6-17(15)24-19(25)18-8-7-16(13-23-18)22-12-14-4-3-9-21-11-14/h1-9,11,13,22H,12H2,(H,24,25). The van der Waals surface area contributed by atoms with E-state index in [9.17, 15) is 4.79 Å². The van der Waals surface area contributed by atoms with Gasteiger partial charge in [-0.2, -0.15) is 5.26 Å². The molecule has 1 amide bonds. The van der Waals surface area contributed by atoms with E-state index in [0.717, 1.165) is 11.3 Å². The lowest BCUT2D eigenvalue weighted by Crippen LogP contribution is -2.14. The molecule has 0 radical (unpaired) electrons. The van der Waals surface area contributed by atoms with Gasteiger partial charge in [-0.1, -0.05) is 18.2 Å². The van der Waals surface area contributed by atoms with Crippen molar-refractivity contribution in [1.82, 2.24) is 9.97 Å². The van der Waals surface area contributed by atoms with Crippen LogP contribution in [0.2, 0.25) is 0 Å². The summed E-state index contributed by atoms with van der Waals surface area (Å²) in [6.07, 6.45) is 5.11. The molecule has 0 spiro atoms. The number of rotatable bonds is 5. The zero-order valence-electron chi connectivity index (χ0n) is 13.3. The fourth-order valence-corrected chi connectivity index (χ4v) is 2.22. The number of carbonyl (C=O) groups is 1. The molecule has 0 aliphatic carbocycles. The SMILES string of the molecule is N#Cc1ccccc1NC(=O)c1ccc(NCc2cccnc2)cn1. The zero-order valence-corrected chi connectivity index (χ0v) is 13.3. The van der Waals surface area contributed by atoms with Gasteiger partial charge in [0, 0.05) is 18.9 Å². The van der Waals surface area contributed by atoms with Crippen LogP contribution in [0.15, 0.2) is 67.1 Å². The van der Waals surface area contributed by atoms with Crippen LogP contribution in [0.3, 0.4) is 0 Å². The molecule has 0 saturated heterocycles. The topological polar surface area (TPSA) is 90.7 Å². The molecule has 3 rings (SSSR count). The summed E-state index contributed by atoms with van der Waals surface area (Å²) < 4.78 is 0. The molecule has 6 nitrogen and oxygen atoms in total. The number of pyridine rings is 2. The molecule has 0 unspecified atom stereocenters. The maximum Gasteiger partial charge on any atom is 0.274 e. The van der Waals surface area contributed by atoms with Crippen molar-refractivity contribution >= 4 is 17.3 Å². The van der Waals surface area contributed by atoms with Gasteiger partial charge in [0.2, 0.25) is 0 Å². The van der Waals surface area contributed by atoms with E-state index in [1.807, 2.05) is 18.2 Å². The molecular formula is C19H15N5O.